The fraction of sp³-hybridized carbons (Fsp3) is 0.588. The van der Waals surface area contributed by atoms with E-state index in [4.69, 9.17) is 5.11 Å². The van der Waals surface area contributed by atoms with Crippen molar-refractivity contribution in [1.82, 2.24) is 9.62 Å². The topological polar surface area (TPSA) is 86.7 Å². The van der Waals surface area contributed by atoms with Crippen molar-refractivity contribution in [3.8, 4) is 0 Å². The van der Waals surface area contributed by atoms with Crippen LogP contribution in [0.4, 0.5) is 0 Å². The summed E-state index contributed by atoms with van der Waals surface area (Å²) in [5, 5.41) is 11.4. The van der Waals surface area contributed by atoms with E-state index in [1.54, 1.807) is 7.05 Å². The normalized spacial score (nSPS) is 16.3. The Morgan fingerprint density at radius 2 is 1.83 bits per heavy atom. The number of carbonyl (C=O) groups is 1. The van der Waals surface area contributed by atoms with Gasteiger partial charge in [-0.25, -0.2) is 8.42 Å². The minimum absolute atomic E-state index is 0.0188. The van der Waals surface area contributed by atoms with Crippen LogP contribution in [-0.4, -0.2) is 50.0 Å². The summed E-state index contributed by atoms with van der Waals surface area (Å²) >= 11 is 0. The molecule has 0 aliphatic heterocycles. The van der Waals surface area contributed by atoms with Crippen molar-refractivity contribution in [1.29, 1.82) is 0 Å². The molecule has 0 bridgehead atoms. The highest BCUT2D eigenvalue weighted by Crippen LogP contribution is 2.26. The molecule has 6 nitrogen and oxygen atoms in total. The number of sulfonamides is 1. The van der Waals surface area contributed by atoms with Crippen molar-refractivity contribution in [3.63, 3.8) is 0 Å². The van der Waals surface area contributed by atoms with Crippen LogP contribution in [0.25, 0.3) is 0 Å². The minimum atomic E-state index is -3.53. The van der Waals surface area contributed by atoms with E-state index in [0.29, 0.717) is 18.5 Å². The highest BCUT2D eigenvalue weighted by atomic mass is 32.2. The average molecular weight is 354 g/mol. The van der Waals surface area contributed by atoms with Gasteiger partial charge in [-0.2, -0.15) is 4.31 Å². The number of amides is 1. The molecule has 1 aromatic rings. The van der Waals surface area contributed by atoms with Gasteiger partial charge in [0.05, 0.1) is 4.90 Å². The van der Waals surface area contributed by atoms with Gasteiger partial charge in [0, 0.05) is 31.8 Å². The highest BCUT2D eigenvalue weighted by Gasteiger charge is 2.29. The molecule has 1 aliphatic carbocycles. The van der Waals surface area contributed by atoms with Gasteiger partial charge in [0.15, 0.2) is 0 Å². The molecule has 0 radical (unpaired) electrons. The van der Waals surface area contributed by atoms with Crippen LogP contribution in [0.15, 0.2) is 29.2 Å². The number of benzene rings is 1. The van der Waals surface area contributed by atoms with Gasteiger partial charge in [-0.05, 0) is 43.5 Å². The number of hydrogen-bond donors (Lipinski definition) is 2. The van der Waals surface area contributed by atoms with Crippen molar-refractivity contribution < 1.29 is 18.3 Å². The maximum Gasteiger partial charge on any atom is 0.251 e. The first-order valence-electron chi connectivity index (χ1n) is 8.44. The lowest BCUT2D eigenvalue weighted by molar-refractivity contribution is 0.0951. The number of nitrogens with one attached hydrogen (secondary N) is 1. The van der Waals surface area contributed by atoms with E-state index in [2.05, 4.69) is 5.32 Å². The van der Waals surface area contributed by atoms with Crippen LogP contribution >= 0.6 is 0 Å². The van der Waals surface area contributed by atoms with Crippen LogP contribution in [0.1, 0.15) is 48.9 Å². The van der Waals surface area contributed by atoms with E-state index in [1.807, 2.05) is 0 Å². The van der Waals surface area contributed by atoms with Crippen LogP contribution in [0, 0.1) is 0 Å². The first-order chi connectivity index (χ1) is 11.5. The molecule has 134 valence electrons. The van der Waals surface area contributed by atoms with E-state index in [0.717, 1.165) is 25.7 Å². The molecule has 0 aromatic heterocycles. The predicted octanol–water partition coefficient (Wildman–Crippen LogP) is 1.75. The Kier molecular flexibility index (Phi) is 6.77. The van der Waals surface area contributed by atoms with Gasteiger partial charge >= 0.3 is 0 Å². The molecular weight excluding hydrogens is 328 g/mol. The molecule has 0 spiro atoms. The summed E-state index contributed by atoms with van der Waals surface area (Å²) in [7, 11) is -1.89. The average Bonchev–Trinajstić information content (AvgIpc) is 2.62. The van der Waals surface area contributed by atoms with E-state index in [9.17, 15) is 13.2 Å². The van der Waals surface area contributed by atoms with Gasteiger partial charge < -0.3 is 10.4 Å². The fourth-order valence-electron chi connectivity index (χ4n) is 2.97. The van der Waals surface area contributed by atoms with Crippen molar-refractivity contribution in [2.24, 2.45) is 0 Å². The van der Waals surface area contributed by atoms with Crippen molar-refractivity contribution >= 4 is 15.9 Å². The summed E-state index contributed by atoms with van der Waals surface area (Å²) < 4.78 is 26.9. The third-order valence-corrected chi connectivity index (χ3v) is 6.43. The molecule has 1 saturated carbocycles. The molecule has 0 atom stereocenters. The van der Waals surface area contributed by atoms with Gasteiger partial charge in [0.25, 0.3) is 5.91 Å². The Labute approximate surface area is 143 Å². The Morgan fingerprint density at radius 3 is 2.42 bits per heavy atom. The predicted molar refractivity (Wildman–Crippen MR) is 92.3 cm³/mol. The van der Waals surface area contributed by atoms with Gasteiger partial charge in [0.1, 0.15) is 0 Å². The first-order valence-corrected chi connectivity index (χ1v) is 9.88. The second-order valence-corrected chi connectivity index (χ2v) is 8.17. The second-order valence-electron chi connectivity index (χ2n) is 6.17. The van der Waals surface area contributed by atoms with Crippen LogP contribution in [-0.2, 0) is 10.0 Å². The highest BCUT2D eigenvalue weighted by molar-refractivity contribution is 7.89. The van der Waals surface area contributed by atoms with Crippen molar-refractivity contribution in [2.75, 3.05) is 20.2 Å². The molecule has 1 aliphatic rings. The number of aliphatic hydroxyl groups excluding tert-OH is 1. The molecule has 2 rings (SSSR count). The summed E-state index contributed by atoms with van der Waals surface area (Å²) in [6.07, 6.45) is 5.60. The van der Waals surface area contributed by atoms with Gasteiger partial charge in [0.2, 0.25) is 10.0 Å². The SMILES string of the molecule is CN(C1CCCCC1)S(=O)(=O)c1ccc(C(=O)NCCCO)cc1. The van der Waals surface area contributed by atoms with Crippen LogP contribution in [0.3, 0.4) is 0 Å². The molecule has 0 saturated heterocycles. The maximum atomic E-state index is 12.7. The third-order valence-electron chi connectivity index (χ3n) is 4.50. The summed E-state index contributed by atoms with van der Waals surface area (Å²) in [5.74, 6) is -0.270. The zero-order valence-corrected chi connectivity index (χ0v) is 14.9. The Bertz CT molecular complexity index is 637. The monoisotopic (exact) mass is 354 g/mol. The molecule has 0 heterocycles. The number of aliphatic hydroxyl groups is 1. The smallest absolute Gasteiger partial charge is 0.251 e. The van der Waals surface area contributed by atoms with Crippen LogP contribution in [0.5, 0.6) is 0 Å². The zero-order valence-electron chi connectivity index (χ0n) is 14.1. The summed E-state index contributed by atoms with van der Waals surface area (Å²) in [6.45, 7) is 0.408. The molecule has 1 aromatic carbocycles. The summed E-state index contributed by atoms with van der Waals surface area (Å²) in [5.41, 5.74) is 0.409. The quantitative estimate of drug-likeness (QED) is 0.731. The third kappa shape index (κ3) is 4.55. The van der Waals surface area contributed by atoms with E-state index in [-0.39, 0.29) is 23.5 Å². The lowest BCUT2D eigenvalue weighted by Gasteiger charge is -2.30. The molecule has 2 N–H and O–H groups in total. The first kappa shape index (κ1) is 18.9. The molecule has 24 heavy (non-hydrogen) atoms. The zero-order chi connectivity index (χ0) is 17.6. The number of nitrogens with zero attached hydrogens (tertiary/aromatic N) is 1. The molecule has 0 unspecified atom stereocenters. The number of carbonyl (C=O) groups excluding carboxylic acids is 1. The summed E-state index contributed by atoms with van der Waals surface area (Å²) in [6, 6.07) is 6.07. The molecular formula is C17H26N2O4S. The van der Waals surface area contributed by atoms with Crippen molar-refractivity contribution in [3.05, 3.63) is 29.8 Å². The van der Waals surface area contributed by atoms with Crippen LogP contribution in [0.2, 0.25) is 0 Å². The van der Waals surface area contributed by atoms with Gasteiger partial charge in [-0.1, -0.05) is 19.3 Å². The molecule has 1 fully saturated rings. The van der Waals surface area contributed by atoms with E-state index in [1.165, 1.54) is 35.0 Å². The standard InChI is InChI=1S/C17H26N2O4S/c1-19(15-6-3-2-4-7-15)24(22,23)16-10-8-14(9-11-16)17(21)18-12-5-13-20/h8-11,15,20H,2-7,12-13H2,1H3,(H,18,21). The van der Waals surface area contributed by atoms with Crippen molar-refractivity contribution in [2.45, 2.75) is 49.5 Å². The maximum absolute atomic E-state index is 12.7. The van der Waals surface area contributed by atoms with Gasteiger partial charge in [-0.3, -0.25) is 4.79 Å². The summed E-state index contributed by atoms with van der Waals surface area (Å²) in [4.78, 5) is 12.1. The Balaban J connectivity index is 2.06. The fourth-order valence-corrected chi connectivity index (χ4v) is 4.38. The van der Waals surface area contributed by atoms with E-state index < -0.39 is 10.0 Å². The lowest BCUT2D eigenvalue weighted by atomic mass is 9.96. The number of hydrogen-bond acceptors (Lipinski definition) is 4. The lowest BCUT2D eigenvalue weighted by Crippen LogP contribution is -2.38. The number of rotatable bonds is 7. The van der Waals surface area contributed by atoms with Crippen LogP contribution < -0.4 is 5.32 Å². The Hall–Kier alpha value is -1.44. The largest absolute Gasteiger partial charge is 0.396 e. The van der Waals surface area contributed by atoms with E-state index >= 15 is 0 Å². The Morgan fingerprint density at radius 1 is 1.21 bits per heavy atom. The second kappa shape index (κ2) is 8.60. The van der Waals surface area contributed by atoms with Gasteiger partial charge in [-0.15, -0.1) is 0 Å². The molecule has 7 heteroatoms. The minimum Gasteiger partial charge on any atom is -0.396 e. The molecule has 1 amide bonds.